The quantitative estimate of drug-likeness (QED) is 0.793. The maximum atomic E-state index is 5.73. The van der Waals surface area contributed by atoms with E-state index in [0.29, 0.717) is 18.4 Å². The molecule has 1 aromatic carbocycles. The Morgan fingerprint density at radius 1 is 1.24 bits per heavy atom. The Balaban J connectivity index is 1.87. The molecular formula is C13H15Cl2N5O. The molecule has 0 radical (unpaired) electrons. The molecule has 112 valence electrons. The topological polar surface area (TPSA) is 86.0 Å². The van der Waals surface area contributed by atoms with Gasteiger partial charge in [0.05, 0.1) is 6.04 Å². The Morgan fingerprint density at radius 2 is 1.95 bits per heavy atom. The number of nitrogens with one attached hydrogen (secondary N) is 1. The molecule has 0 aliphatic carbocycles. The van der Waals surface area contributed by atoms with Crippen molar-refractivity contribution in [1.29, 1.82) is 0 Å². The highest BCUT2D eigenvalue weighted by Crippen LogP contribution is 2.14. The summed E-state index contributed by atoms with van der Waals surface area (Å²) in [5.74, 6) is 1.65. The maximum absolute atomic E-state index is 5.73. The van der Waals surface area contributed by atoms with Gasteiger partial charge in [0, 0.05) is 5.88 Å². The number of nitrogens with zero attached hydrogens (tertiary/aromatic N) is 3. The number of nitrogens with two attached hydrogens (primary N) is 1. The van der Waals surface area contributed by atoms with Crippen molar-refractivity contribution < 1.29 is 4.74 Å². The van der Waals surface area contributed by atoms with E-state index in [9.17, 15) is 0 Å². The van der Waals surface area contributed by atoms with E-state index in [1.807, 2.05) is 31.2 Å². The summed E-state index contributed by atoms with van der Waals surface area (Å²) in [7, 11) is 0. The lowest BCUT2D eigenvalue weighted by molar-refractivity contribution is 0.303. The molecule has 21 heavy (non-hydrogen) atoms. The van der Waals surface area contributed by atoms with Crippen molar-refractivity contribution >= 4 is 35.1 Å². The summed E-state index contributed by atoms with van der Waals surface area (Å²) in [5.41, 5.74) is 6.55. The molecular weight excluding hydrogens is 313 g/mol. The zero-order valence-corrected chi connectivity index (χ0v) is 12.9. The summed E-state index contributed by atoms with van der Waals surface area (Å²) in [4.78, 5) is 11.6. The summed E-state index contributed by atoms with van der Waals surface area (Å²) < 4.78 is 5.66. The Bertz CT molecular complexity index is 573. The molecule has 0 fully saturated rings. The number of ether oxygens (including phenoxy) is 1. The third-order valence-corrected chi connectivity index (χ3v) is 3.06. The van der Waals surface area contributed by atoms with Gasteiger partial charge in [-0.25, -0.2) is 0 Å². The van der Waals surface area contributed by atoms with Gasteiger partial charge >= 0.3 is 0 Å². The van der Waals surface area contributed by atoms with Gasteiger partial charge in [-0.3, -0.25) is 0 Å². The lowest BCUT2D eigenvalue weighted by Gasteiger charge is -2.15. The number of benzene rings is 1. The molecule has 3 N–H and O–H groups in total. The van der Waals surface area contributed by atoms with E-state index in [-0.39, 0.29) is 17.3 Å². The Morgan fingerprint density at radius 3 is 2.57 bits per heavy atom. The average Bonchev–Trinajstić information content (AvgIpc) is 2.44. The molecule has 8 heteroatoms. The SMILES string of the molecule is CC(COc1ccc(CCl)cc1)Nc1nc(N)nc(Cl)n1. The molecule has 1 unspecified atom stereocenters. The number of alkyl halides is 1. The lowest BCUT2D eigenvalue weighted by atomic mass is 10.2. The number of halogens is 2. The molecule has 2 rings (SSSR count). The van der Waals surface area contributed by atoms with Crippen LogP contribution in [0, 0.1) is 0 Å². The first kappa shape index (κ1) is 15.6. The van der Waals surface area contributed by atoms with E-state index in [4.69, 9.17) is 33.7 Å². The van der Waals surface area contributed by atoms with Crippen molar-refractivity contribution in [2.45, 2.75) is 18.8 Å². The highest BCUT2D eigenvalue weighted by molar-refractivity contribution is 6.28. The van der Waals surface area contributed by atoms with Crippen LogP contribution in [0.1, 0.15) is 12.5 Å². The molecule has 0 bridgehead atoms. The minimum atomic E-state index is -0.0319. The van der Waals surface area contributed by atoms with Gasteiger partial charge in [-0.15, -0.1) is 11.6 Å². The number of aromatic nitrogens is 3. The molecule has 1 atom stereocenters. The molecule has 0 saturated carbocycles. The van der Waals surface area contributed by atoms with Crippen LogP contribution in [0.2, 0.25) is 5.28 Å². The smallest absolute Gasteiger partial charge is 0.229 e. The zero-order chi connectivity index (χ0) is 15.2. The number of nitrogen functional groups attached to an aromatic ring is 1. The third-order valence-electron chi connectivity index (χ3n) is 2.58. The number of hydrogen-bond donors (Lipinski definition) is 2. The minimum absolute atomic E-state index is 0.0319. The predicted molar refractivity (Wildman–Crippen MR) is 83.8 cm³/mol. The van der Waals surface area contributed by atoms with Gasteiger partial charge in [0.25, 0.3) is 0 Å². The molecule has 0 spiro atoms. The first-order chi connectivity index (χ1) is 10.1. The average molecular weight is 328 g/mol. The van der Waals surface area contributed by atoms with Crippen LogP contribution >= 0.6 is 23.2 Å². The van der Waals surface area contributed by atoms with Crippen molar-refractivity contribution in [3.05, 3.63) is 35.1 Å². The van der Waals surface area contributed by atoms with E-state index in [2.05, 4.69) is 20.3 Å². The standard InChI is InChI=1S/C13H15Cl2N5O/c1-8(17-13-19-11(15)18-12(16)20-13)7-21-10-4-2-9(6-14)3-5-10/h2-5,8H,6-7H2,1H3,(H3,16,17,18,19,20). The van der Waals surface area contributed by atoms with E-state index in [0.717, 1.165) is 11.3 Å². The third kappa shape index (κ3) is 4.91. The fraction of sp³-hybridized carbons (Fsp3) is 0.308. The first-order valence-corrected chi connectivity index (χ1v) is 7.19. The van der Waals surface area contributed by atoms with Crippen LogP contribution in [0.5, 0.6) is 5.75 Å². The predicted octanol–water partition coefficient (Wildman–Crippen LogP) is 2.73. The van der Waals surface area contributed by atoms with E-state index in [1.54, 1.807) is 0 Å². The summed E-state index contributed by atoms with van der Waals surface area (Å²) in [6.45, 7) is 2.37. The molecule has 2 aromatic rings. The fourth-order valence-corrected chi connectivity index (χ4v) is 1.93. The second kappa shape index (κ2) is 7.28. The zero-order valence-electron chi connectivity index (χ0n) is 11.4. The van der Waals surface area contributed by atoms with Crippen LogP contribution < -0.4 is 15.8 Å². The second-order valence-electron chi connectivity index (χ2n) is 4.42. The molecule has 0 aliphatic rings. The molecule has 6 nitrogen and oxygen atoms in total. The Hall–Kier alpha value is -1.79. The fourth-order valence-electron chi connectivity index (χ4n) is 1.59. The van der Waals surface area contributed by atoms with Gasteiger partial charge in [-0.2, -0.15) is 15.0 Å². The maximum Gasteiger partial charge on any atom is 0.229 e. The molecule has 1 heterocycles. The Kier molecular flexibility index (Phi) is 5.41. The van der Waals surface area contributed by atoms with E-state index >= 15 is 0 Å². The van der Waals surface area contributed by atoms with Crippen molar-refractivity contribution in [1.82, 2.24) is 15.0 Å². The number of anilines is 2. The normalized spacial score (nSPS) is 12.0. The summed E-state index contributed by atoms with van der Waals surface area (Å²) >= 11 is 11.4. The monoisotopic (exact) mass is 327 g/mol. The molecule has 0 aliphatic heterocycles. The van der Waals surface area contributed by atoms with Gasteiger partial charge in [-0.05, 0) is 36.2 Å². The van der Waals surface area contributed by atoms with Crippen molar-refractivity contribution in [3.8, 4) is 5.75 Å². The van der Waals surface area contributed by atoms with Crippen molar-refractivity contribution in [2.75, 3.05) is 17.7 Å². The number of rotatable bonds is 6. The largest absolute Gasteiger partial charge is 0.491 e. The number of hydrogen-bond acceptors (Lipinski definition) is 6. The van der Waals surface area contributed by atoms with Crippen molar-refractivity contribution in [3.63, 3.8) is 0 Å². The van der Waals surface area contributed by atoms with Crippen LogP contribution in [0.4, 0.5) is 11.9 Å². The summed E-state index contributed by atoms with van der Waals surface area (Å²) in [5, 5.41) is 3.09. The van der Waals surface area contributed by atoms with Crippen LogP contribution in [-0.4, -0.2) is 27.6 Å². The van der Waals surface area contributed by atoms with Crippen LogP contribution in [0.25, 0.3) is 0 Å². The minimum Gasteiger partial charge on any atom is -0.491 e. The van der Waals surface area contributed by atoms with E-state index in [1.165, 1.54) is 0 Å². The first-order valence-electron chi connectivity index (χ1n) is 6.28. The van der Waals surface area contributed by atoms with E-state index < -0.39 is 0 Å². The van der Waals surface area contributed by atoms with Gasteiger partial charge in [-0.1, -0.05) is 12.1 Å². The van der Waals surface area contributed by atoms with Gasteiger partial charge < -0.3 is 15.8 Å². The van der Waals surface area contributed by atoms with Gasteiger partial charge in [0.15, 0.2) is 0 Å². The second-order valence-corrected chi connectivity index (χ2v) is 5.03. The summed E-state index contributed by atoms with van der Waals surface area (Å²) in [6, 6.07) is 7.57. The van der Waals surface area contributed by atoms with Crippen LogP contribution in [-0.2, 0) is 5.88 Å². The van der Waals surface area contributed by atoms with Crippen molar-refractivity contribution in [2.24, 2.45) is 0 Å². The van der Waals surface area contributed by atoms with Crippen LogP contribution in [0.15, 0.2) is 24.3 Å². The Labute approximate surface area is 132 Å². The lowest BCUT2D eigenvalue weighted by Crippen LogP contribution is -2.25. The highest BCUT2D eigenvalue weighted by Gasteiger charge is 2.08. The van der Waals surface area contributed by atoms with Gasteiger partial charge in [0.2, 0.25) is 17.2 Å². The molecule has 0 saturated heterocycles. The molecule has 1 aromatic heterocycles. The highest BCUT2D eigenvalue weighted by atomic mass is 35.5. The van der Waals surface area contributed by atoms with Crippen LogP contribution in [0.3, 0.4) is 0 Å². The molecule has 0 amide bonds. The van der Waals surface area contributed by atoms with Gasteiger partial charge in [0.1, 0.15) is 12.4 Å². The summed E-state index contributed by atoms with van der Waals surface area (Å²) in [6.07, 6.45) is 0.